The molecule has 1 aliphatic rings. The van der Waals surface area contributed by atoms with Gasteiger partial charge in [-0.1, -0.05) is 11.6 Å². The minimum absolute atomic E-state index is 0.523. The van der Waals surface area contributed by atoms with Gasteiger partial charge in [0.05, 0.1) is 10.9 Å². The fourth-order valence-electron chi connectivity index (χ4n) is 1.08. The van der Waals surface area contributed by atoms with Gasteiger partial charge in [-0.25, -0.2) is 4.99 Å². The fourth-order valence-corrected chi connectivity index (χ4v) is 2.00. The predicted octanol–water partition coefficient (Wildman–Crippen LogP) is 1.97. The van der Waals surface area contributed by atoms with Gasteiger partial charge in [-0.3, -0.25) is 0 Å². The highest BCUT2D eigenvalue weighted by Crippen LogP contribution is 2.23. The summed E-state index contributed by atoms with van der Waals surface area (Å²) < 4.78 is 0.799. The summed E-state index contributed by atoms with van der Waals surface area (Å²) in [5, 5.41) is 5.08. The van der Waals surface area contributed by atoms with Crippen molar-refractivity contribution < 1.29 is 0 Å². The van der Waals surface area contributed by atoms with E-state index in [1.54, 1.807) is 0 Å². The molecular weight excluding hydrogens is 218 g/mol. The van der Waals surface area contributed by atoms with E-state index in [1.165, 1.54) is 24.2 Å². The van der Waals surface area contributed by atoms with E-state index in [4.69, 9.17) is 17.3 Å². The first kappa shape index (κ1) is 9.80. The van der Waals surface area contributed by atoms with Gasteiger partial charge in [0.25, 0.3) is 0 Å². The standard InChI is InChI=1S/C9H12ClN3S/c10-8-6(3-4-14-8)5-12-9(11)13-7-1-2-7/h3-4,7H,1-2,5H2,(H3,11,12,13). The molecule has 1 saturated carbocycles. The third-order valence-electron chi connectivity index (χ3n) is 2.04. The zero-order valence-corrected chi connectivity index (χ0v) is 9.24. The summed E-state index contributed by atoms with van der Waals surface area (Å²) in [6.45, 7) is 0.563. The van der Waals surface area contributed by atoms with Crippen molar-refractivity contribution in [3.05, 3.63) is 21.3 Å². The van der Waals surface area contributed by atoms with E-state index in [9.17, 15) is 0 Å². The van der Waals surface area contributed by atoms with Gasteiger partial charge in [0.1, 0.15) is 0 Å². The number of hydrogen-bond donors (Lipinski definition) is 2. The molecule has 0 saturated heterocycles. The molecule has 76 valence electrons. The molecule has 2 rings (SSSR count). The third-order valence-corrected chi connectivity index (χ3v) is 3.29. The van der Waals surface area contributed by atoms with Crippen molar-refractivity contribution in [3.8, 4) is 0 Å². The van der Waals surface area contributed by atoms with Crippen molar-refractivity contribution in [1.29, 1.82) is 0 Å². The molecule has 0 radical (unpaired) electrons. The first-order valence-corrected chi connectivity index (χ1v) is 5.80. The summed E-state index contributed by atoms with van der Waals surface area (Å²) in [4.78, 5) is 4.21. The normalized spacial score (nSPS) is 17.1. The maximum Gasteiger partial charge on any atom is 0.189 e. The van der Waals surface area contributed by atoms with Crippen LogP contribution in [0.25, 0.3) is 0 Å². The third kappa shape index (κ3) is 2.62. The summed E-state index contributed by atoms with van der Waals surface area (Å²) in [5.74, 6) is 0.523. The van der Waals surface area contributed by atoms with Gasteiger partial charge in [-0.15, -0.1) is 11.3 Å². The highest BCUT2D eigenvalue weighted by molar-refractivity contribution is 7.14. The molecule has 0 bridgehead atoms. The number of halogens is 1. The monoisotopic (exact) mass is 229 g/mol. The predicted molar refractivity (Wildman–Crippen MR) is 60.8 cm³/mol. The van der Waals surface area contributed by atoms with Crippen LogP contribution in [0.1, 0.15) is 18.4 Å². The molecule has 5 heteroatoms. The Morgan fingerprint density at radius 3 is 3.07 bits per heavy atom. The smallest absolute Gasteiger partial charge is 0.189 e. The van der Waals surface area contributed by atoms with Crippen molar-refractivity contribution >= 4 is 28.9 Å². The summed E-state index contributed by atoms with van der Waals surface area (Å²) in [6.07, 6.45) is 2.41. The van der Waals surface area contributed by atoms with Gasteiger partial charge in [0, 0.05) is 11.6 Å². The molecule has 1 fully saturated rings. The van der Waals surface area contributed by atoms with Crippen LogP contribution in [0.3, 0.4) is 0 Å². The van der Waals surface area contributed by atoms with Gasteiger partial charge in [0.2, 0.25) is 0 Å². The average Bonchev–Trinajstić information content (AvgIpc) is 2.86. The van der Waals surface area contributed by atoms with Crippen LogP contribution >= 0.6 is 22.9 Å². The average molecular weight is 230 g/mol. The van der Waals surface area contributed by atoms with Crippen LogP contribution in [-0.2, 0) is 6.54 Å². The summed E-state index contributed by atoms with van der Waals surface area (Å²) in [6, 6.07) is 2.53. The van der Waals surface area contributed by atoms with E-state index in [0.29, 0.717) is 18.5 Å². The molecule has 14 heavy (non-hydrogen) atoms. The Bertz CT molecular complexity index is 344. The number of rotatable bonds is 3. The van der Waals surface area contributed by atoms with Crippen LogP contribution in [0.2, 0.25) is 4.34 Å². The Labute approximate surface area is 92.0 Å². The number of thiophene rings is 1. The second kappa shape index (κ2) is 4.19. The topological polar surface area (TPSA) is 50.4 Å². The summed E-state index contributed by atoms with van der Waals surface area (Å²) >= 11 is 7.45. The van der Waals surface area contributed by atoms with E-state index in [1.807, 2.05) is 11.4 Å². The lowest BCUT2D eigenvalue weighted by Crippen LogP contribution is -2.33. The van der Waals surface area contributed by atoms with Crippen LogP contribution in [-0.4, -0.2) is 12.0 Å². The van der Waals surface area contributed by atoms with Crippen LogP contribution in [0.5, 0.6) is 0 Å². The van der Waals surface area contributed by atoms with Crippen LogP contribution in [0.4, 0.5) is 0 Å². The molecule has 0 unspecified atom stereocenters. The van der Waals surface area contributed by atoms with Gasteiger partial charge in [-0.2, -0.15) is 0 Å². The minimum atomic E-state index is 0.523. The largest absolute Gasteiger partial charge is 0.370 e. The molecule has 3 nitrogen and oxygen atoms in total. The van der Waals surface area contributed by atoms with E-state index in [-0.39, 0.29) is 0 Å². The van der Waals surface area contributed by atoms with Crippen molar-refractivity contribution in [2.24, 2.45) is 10.7 Å². The number of nitrogens with one attached hydrogen (secondary N) is 1. The van der Waals surface area contributed by atoms with Crippen molar-refractivity contribution in [2.75, 3.05) is 0 Å². The molecule has 0 aromatic carbocycles. The van der Waals surface area contributed by atoms with Crippen molar-refractivity contribution in [1.82, 2.24) is 5.32 Å². The molecule has 0 amide bonds. The zero-order valence-electron chi connectivity index (χ0n) is 7.66. The number of hydrogen-bond acceptors (Lipinski definition) is 2. The van der Waals surface area contributed by atoms with E-state index < -0.39 is 0 Å². The lowest BCUT2D eigenvalue weighted by molar-refractivity contribution is 0.879. The van der Waals surface area contributed by atoms with Gasteiger partial charge in [0.15, 0.2) is 5.96 Å². The molecule has 3 N–H and O–H groups in total. The van der Waals surface area contributed by atoms with Gasteiger partial charge < -0.3 is 11.1 Å². The molecule has 0 atom stereocenters. The second-order valence-corrected chi connectivity index (χ2v) is 4.86. The summed E-state index contributed by atoms with van der Waals surface area (Å²) in [5.41, 5.74) is 6.72. The SMILES string of the molecule is NC(=NCc1ccsc1Cl)NC1CC1. The highest BCUT2D eigenvalue weighted by atomic mass is 35.5. The minimum Gasteiger partial charge on any atom is -0.370 e. The molecular formula is C9H12ClN3S. The molecule has 1 aromatic rings. The molecule has 0 aliphatic heterocycles. The highest BCUT2D eigenvalue weighted by Gasteiger charge is 2.21. The number of nitrogens with zero attached hydrogens (tertiary/aromatic N) is 1. The lowest BCUT2D eigenvalue weighted by atomic mass is 10.3. The number of aliphatic imine (C=N–C) groups is 1. The Hall–Kier alpha value is -0.740. The second-order valence-electron chi connectivity index (χ2n) is 3.34. The maximum absolute atomic E-state index is 5.93. The molecule has 1 aliphatic carbocycles. The summed E-state index contributed by atoms with van der Waals surface area (Å²) in [7, 11) is 0. The zero-order chi connectivity index (χ0) is 9.97. The van der Waals surface area contributed by atoms with E-state index in [2.05, 4.69) is 10.3 Å². The molecule has 1 aromatic heterocycles. The quantitative estimate of drug-likeness (QED) is 0.615. The molecule has 1 heterocycles. The van der Waals surface area contributed by atoms with E-state index in [0.717, 1.165) is 9.90 Å². The fraction of sp³-hybridized carbons (Fsp3) is 0.444. The number of nitrogens with two attached hydrogens (primary N) is 1. The van der Waals surface area contributed by atoms with Crippen molar-refractivity contribution in [2.45, 2.75) is 25.4 Å². The Morgan fingerprint density at radius 1 is 1.71 bits per heavy atom. The van der Waals surface area contributed by atoms with Crippen molar-refractivity contribution in [3.63, 3.8) is 0 Å². The Morgan fingerprint density at radius 2 is 2.50 bits per heavy atom. The molecule has 0 spiro atoms. The van der Waals surface area contributed by atoms with Gasteiger partial charge in [-0.05, 0) is 24.3 Å². The first-order chi connectivity index (χ1) is 6.75. The first-order valence-electron chi connectivity index (χ1n) is 4.54. The van der Waals surface area contributed by atoms with Crippen LogP contribution < -0.4 is 11.1 Å². The lowest BCUT2D eigenvalue weighted by Gasteiger charge is -2.02. The number of guanidine groups is 1. The van der Waals surface area contributed by atoms with Crippen LogP contribution in [0.15, 0.2) is 16.4 Å². The van der Waals surface area contributed by atoms with Gasteiger partial charge >= 0.3 is 0 Å². The Balaban J connectivity index is 1.88. The Kier molecular flexibility index (Phi) is 2.93. The van der Waals surface area contributed by atoms with E-state index >= 15 is 0 Å². The maximum atomic E-state index is 5.93. The van der Waals surface area contributed by atoms with Crippen LogP contribution in [0, 0.1) is 0 Å².